The Morgan fingerprint density at radius 1 is 1.29 bits per heavy atom. The molecule has 0 spiro atoms. The van der Waals surface area contributed by atoms with E-state index in [0.29, 0.717) is 23.4 Å². The van der Waals surface area contributed by atoms with Gasteiger partial charge in [-0.05, 0) is 42.4 Å². The number of rotatable bonds is 5. The summed E-state index contributed by atoms with van der Waals surface area (Å²) in [6.45, 7) is 5.73. The molecule has 1 aliphatic rings. The van der Waals surface area contributed by atoms with Crippen molar-refractivity contribution >= 4 is 0 Å². The highest BCUT2D eigenvalue weighted by Gasteiger charge is 2.44. The molecule has 2 rings (SSSR count). The molecule has 0 heterocycles. The lowest BCUT2D eigenvalue weighted by molar-refractivity contribution is 0.336. The summed E-state index contributed by atoms with van der Waals surface area (Å²) in [6, 6.07) is 3.59. The van der Waals surface area contributed by atoms with E-state index in [0.717, 1.165) is 12.6 Å². The van der Waals surface area contributed by atoms with Gasteiger partial charge in [0, 0.05) is 18.7 Å². The second-order valence-corrected chi connectivity index (χ2v) is 5.36. The molecule has 17 heavy (non-hydrogen) atoms. The fourth-order valence-electron chi connectivity index (χ4n) is 2.24. The summed E-state index contributed by atoms with van der Waals surface area (Å²) in [7, 11) is 0. The van der Waals surface area contributed by atoms with Crippen molar-refractivity contribution in [2.24, 2.45) is 11.3 Å². The molecule has 0 amide bonds. The first kappa shape index (κ1) is 12.5. The lowest BCUT2D eigenvalue weighted by Crippen LogP contribution is -2.27. The van der Waals surface area contributed by atoms with E-state index in [-0.39, 0.29) is 11.6 Å². The molecule has 94 valence electrons. The average molecular weight is 239 g/mol. The molecule has 0 radical (unpaired) electrons. The zero-order chi connectivity index (χ0) is 12.5. The van der Waals surface area contributed by atoms with Gasteiger partial charge in [0.15, 0.2) is 0 Å². The maximum Gasteiger partial charge on any atom is 0.127 e. The summed E-state index contributed by atoms with van der Waals surface area (Å²) in [5.41, 5.74) is 0.800. The topological polar surface area (TPSA) is 12.0 Å². The van der Waals surface area contributed by atoms with E-state index in [1.807, 2.05) is 0 Å². The van der Waals surface area contributed by atoms with Gasteiger partial charge in [-0.25, -0.2) is 8.78 Å². The van der Waals surface area contributed by atoms with E-state index >= 15 is 0 Å². The number of halogens is 2. The second kappa shape index (κ2) is 4.73. The van der Waals surface area contributed by atoms with Crippen LogP contribution >= 0.6 is 0 Å². The third-order valence-electron chi connectivity index (χ3n) is 3.92. The largest absolute Gasteiger partial charge is 0.312 e. The summed E-state index contributed by atoms with van der Waals surface area (Å²) in [5, 5.41) is 3.25. The molecule has 0 unspecified atom stereocenters. The molecular formula is C14H19F2N. The summed E-state index contributed by atoms with van der Waals surface area (Å²) in [4.78, 5) is 0. The van der Waals surface area contributed by atoms with Crippen molar-refractivity contribution in [3.63, 3.8) is 0 Å². The van der Waals surface area contributed by atoms with Gasteiger partial charge < -0.3 is 5.32 Å². The number of nitrogens with one attached hydrogen (secondary N) is 1. The van der Waals surface area contributed by atoms with Crippen LogP contribution < -0.4 is 5.32 Å². The van der Waals surface area contributed by atoms with Crippen molar-refractivity contribution in [1.82, 2.24) is 5.32 Å². The van der Waals surface area contributed by atoms with Gasteiger partial charge in [0.25, 0.3) is 0 Å². The van der Waals surface area contributed by atoms with E-state index < -0.39 is 0 Å². The molecule has 0 saturated heterocycles. The molecule has 0 atom stereocenters. The van der Waals surface area contributed by atoms with Crippen LogP contribution in [0.5, 0.6) is 0 Å². The van der Waals surface area contributed by atoms with E-state index in [9.17, 15) is 8.78 Å². The minimum Gasteiger partial charge on any atom is -0.312 e. The Bertz CT molecular complexity index is 397. The van der Waals surface area contributed by atoms with Crippen molar-refractivity contribution in [2.45, 2.75) is 33.2 Å². The minimum absolute atomic E-state index is 0.340. The fraction of sp³-hybridized carbons (Fsp3) is 0.571. The van der Waals surface area contributed by atoms with Crippen molar-refractivity contribution in [2.75, 3.05) is 6.54 Å². The first-order valence-electron chi connectivity index (χ1n) is 6.18. The van der Waals surface area contributed by atoms with Crippen LogP contribution in [0, 0.1) is 23.0 Å². The Kier molecular flexibility index (Phi) is 3.48. The quantitative estimate of drug-likeness (QED) is 0.829. The zero-order valence-corrected chi connectivity index (χ0v) is 10.4. The van der Waals surface area contributed by atoms with E-state index in [1.165, 1.54) is 25.0 Å². The number of benzene rings is 1. The van der Waals surface area contributed by atoms with Crippen LogP contribution in [-0.4, -0.2) is 6.54 Å². The van der Waals surface area contributed by atoms with Crippen molar-refractivity contribution in [1.29, 1.82) is 0 Å². The summed E-state index contributed by atoms with van der Waals surface area (Å²) in [5.74, 6) is -0.0751. The smallest absolute Gasteiger partial charge is 0.127 e. The fourth-order valence-corrected chi connectivity index (χ4v) is 2.24. The van der Waals surface area contributed by atoms with Crippen molar-refractivity contribution in [3.8, 4) is 0 Å². The first-order chi connectivity index (χ1) is 8.03. The van der Waals surface area contributed by atoms with Gasteiger partial charge in [-0.15, -0.1) is 0 Å². The van der Waals surface area contributed by atoms with Crippen LogP contribution in [0.3, 0.4) is 0 Å². The molecule has 1 saturated carbocycles. The highest BCUT2D eigenvalue weighted by molar-refractivity contribution is 5.18. The Hall–Kier alpha value is -0.960. The van der Waals surface area contributed by atoms with Gasteiger partial charge >= 0.3 is 0 Å². The maximum atomic E-state index is 13.4. The Morgan fingerprint density at radius 3 is 2.59 bits per heavy atom. The molecule has 1 aromatic carbocycles. The Labute approximate surface area is 101 Å². The predicted octanol–water partition coefficient (Wildman–Crippen LogP) is 3.49. The summed E-state index contributed by atoms with van der Waals surface area (Å²) in [6.07, 6.45) is 2.48. The third kappa shape index (κ3) is 2.83. The molecule has 1 aromatic rings. The van der Waals surface area contributed by atoms with Crippen LogP contribution in [0.15, 0.2) is 18.2 Å². The number of hydrogen-bond donors (Lipinski definition) is 1. The first-order valence-corrected chi connectivity index (χ1v) is 6.18. The molecule has 0 bridgehead atoms. The van der Waals surface area contributed by atoms with E-state index in [2.05, 4.69) is 19.2 Å². The lowest BCUT2D eigenvalue weighted by Gasteiger charge is -2.20. The lowest BCUT2D eigenvalue weighted by atomic mass is 9.92. The SMILES string of the molecule is CC(C)C1(CNCc2cc(F)ccc2F)CC1. The van der Waals surface area contributed by atoms with Gasteiger partial charge in [-0.3, -0.25) is 0 Å². The van der Waals surface area contributed by atoms with Gasteiger partial charge in [0.05, 0.1) is 0 Å². The van der Waals surface area contributed by atoms with Crippen molar-refractivity contribution in [3.05, 3.63) is 35.4 Å². The average Bonchev–Trinajstić information content (AvgIpc) is 3.04. The molecule has 0 aliphatic heterocycles. The van der Waals surface area contributed by atoms with Crippen molar-refractivity contribution < 1.29 is 8.78 Å². The van der Waals surface area contributed by atoms with Crippen LogP contribution in [0.4, 0.5) is 8.78 Å². The van der Waals surface area contributed by atoms with E-state index in [4.69, 9.17) is 0 Å². The van der Waals surface area contributed by atoms with Gasteiger partial charge in [0.2, 0.25) is 0 Å². The predicted molar refractivity (Wildman–Crippen MR) is 64.6 cm³/mol. The molecule has 1 fully saturated rings. The molecule has 1 aliphatic carbocycles. The Morgan fingerprint density at radius 2 is 2.00 bits per heavy atom. The van der Waals surface area contributed by atoms with Crippen LogP contribution in [0.25, 0.3) is 0 Å². The molecule has 1 nitrogen and oxygen atoms in total. The standard InChI is InChI=1S/C14H19F2N/c1-10(2)14(5-6-14)9-17-8-11-7-12(15)3-4-13(11)16/h3-4,7,10,17H,5-6,8-9H2,1-2H3. The Balaban J connectivity index is 1.88. The van der Waals surface area contributed by atoms with Gasteiger partial charge in [-0.2, -0.15) is 0 Å². The second-order valence-electron chi connectivity index (χ2n) is 5.36. The van der Waals surface area contributed by atoms with Gasteiger partial charge in [-0.1, -0.05) is 13.8 Å². The molecule has 1 N–H and O–H groups in total. The molecule has 0 aromatic heterocycles. The minimum atomic E-state index is -0.381. The summed E-state index contributed by atoms with van der Waals surface area (Å²) < 4.78 is 26.3. The van der Waals surface area contributed by atoms with Crippen LogP contribution in [0.1, 0.15) is 32.3 Å². The normalized spacial score (nSPS) is 17.5. The third-order valence-corrected chi connectivity index (χ3v) is 3.92. The highest BCUT2D eigenvalue weighted by Crippen LogP contribution is 2.51. The molecule has 3 heteroatoms. The highest BCUT2D eigenvalue weighted by atomic mass is 19.1. The number of hydrogen-bond acceptors (Lipinski definition) is 1. The summed E-state index contributed by atoms with van der Waals surface area (Å²) >= 11 is 0. The maximum absolute atomic E-state index is 13.4. The monoisotopic (exact) mass is 239 g/mol. The van der Waals surface area contributed by atoms with Crippen LogP contribution in [0.2, 0.25) is 0 Å². The molecular weight excluding hydrogens is 220 g/mol. The van der Waals surface area contributed by atoms with E-state index in [1.54, 1.807) is 0 Å². The zero-order valence-electron chi connectivity index (χ0n) is 10.4. The van der Waals surface area contributed by atoms with Gasteiger partial charge in [0.1, 0.15) is 11.6 Å². The van der Waals surface area contributed by atoms with Crippen LogP contribution in [-0.2, 0) is 6.54 Å².